The van der Waals surface area contributed by atoms with Crippen LogP contribution >= 0.6 is 0 Å². The number of nitrogens with one attached hydrogen (secondary N) is 1. The van der Waals surface area contributed by atoms with Gasteiger partial charge in [0, 0.05) is 30.1 Å². The molecule has 3 rings (SSSR count). The normalized spacial score (nSPS) is 10.9. The molecule has 2 N–H and O–H groups in total. The van der Waals surface area contributed by atoms with Gasteiger partial charge in [-0.3, -0.25) is 4.98 Å². The maximum absolute atomic E-state index is 9.25. The van der Waals surface area contributed by atoms with Crippen LogP contribution in [-0.4, -0.2) is 26.5 Å². The van der Waals surface area contributed by atoms with Gasteiger partial charge >= 0.3 is 0 Å². The molecule has 0 aliphatic heterocycles. The van der Waals surface area contributed by atoms with Crippen molar-refractivity contribution in [1.82, 2.24) is 14.8 Å². The van der Waals surface area contributed by atoms with Crippen LogP contribution in [0.3, 0.4) is 0 Å². The second-order valence-electron chi connectivity index (χ2n) is 5.35. The Morgan fingerprint density at radius 2 is 2.17 bits per heavy atom. The second-order valence-corrected chi connectivity index (χ2v) is 5.35. The number of rotatable bonds is 6. The lowest BCUT2D eigenvalue weighted by atomic mass is 10.2. The van der Waals surface area contributed by atoms with E-state index in [-0.39, 0.29) is 6.61 Å². The zero-order valence-electron chi connectivity index (χ0n) is 13.3. The Morgan fingerprint density at radius 3 is 2.87 bits per heavy atom. The molecule has 3 aromatic rings. The SMILES string of the molecule is Cc1ncccc1CNc1cc(-c2ccoc2C)nn1CCO. The molecule has 6 nitrogen and oxygen atoms in total. The number of pyridine rings is 1. The Bertz CT molecular complexity index is 791. The molecule has 23 heavy (non-hydrogen) atoms. The summed E-state index contributed by atoms with van der Waals surface area (Å²) in [5, 5.41) is 17.2. The zero-order chi connectivity index (χ0) is 16.2. The molecule has 3 aromatic heterocycles. The van der Waals surface area contributed by atoms with Crippen LogP contribution in [0.1, 0.15) is 17.0 Å². The average Bonchev–Trinajstić information content (AvgIpc) is 3.13. The van der Waals surface area contributed by atoms with Gasteiger partial charge in [-0.2, -0.15) is 5.10 Å². The van der Waals surface area contributed by atoms with Gasteiger partial charge in [0.05, 0.1) is 25.1 Å². The van der Waals surface area contributed by atoms with E-state index >= 15 is 0 Å². The summed E-state index contributed by atoms with van der Waals surface area (Å²) >= 11 is 0. The Balaban J connectivity index is 1.84. The van der Waals surface area contributed by atoms with Gasteiger partial charge in [0.2, 0.25) is 0 Å². The van der Waals surface area contributed by atoms with Gasteiger partial charge in [0.15, 0.2) is 0 Å². The van der Waals surface area contributed by atoms with Crippen molar-refractivity contribution in [3.63, 3.8) is 0 Å². The third-order valence-corrected chi connectivity index (χ3v) is 3.80. The Labute approximate surface area is 134 Å². The molecule has 0 saturated carbocycles. The van der Waals surface area contributed by atoms with E-state index in [0.717, 1.165) is 34.1 Å². The van der Waals surface area contributed by atoms with Gasteiger partial charge in [-0.05, 0) is 31.5 Å². The summed E-state index contributed by atoms with van der Waals surface area (Å²) in [6.45, 7) is 5.02. The maximum atomic E-state index is 9.25. The van der Waals surface area contributed by atoms with Crippen LogP contribution in [0.5, 0.6) is 0 Å². The third-order valence-electron chi connectivity index (χ3n) is 3.80. The highest BCUT2D eigenvalue weighted by Gasteiger charge is 2.13. The molecule has 0 unspecified atom stereocenters. The molecule has 0 spiro atoms. The molecule has 6 heteroatoms. The topological polar surface area (TPSA) is 76.1 Å². The molecule has 0 aliphatic carbocycles. The molecule has 0 saturated heterocycles. The first-order chi connectivity index (χ1) is 11.2. The highest BCUT2D eigenvalue weighted by molar-refractivity contribution is 5.64. The number of anilines is 1. The van der Waals surface area contributed by atoms with E-state index < -0.39 is 0 Å². The van der Waals surface area contributed by atoms with Crippen molar-refractivity contribution in [3.05, 3.63) is 53.7 Å². The van der Waals surface area contributed by atoms with Crippen molar-refractivity contribution in [2.75, 3.05) is 11.9 Å². The van der Waals surface area contributed by atoms with Crippen LogP contribution in [0.4, 0.5) is 5.82 Å². The van der Waals surface area contributed by atoms with E-state index in [4.69, 9.17) is 4.42 Å². The molecular weight excluding hydrogens is 292 g/mol. The maximum Gasteiger partial charge on any atom is 0.125 e. The van der Waals surface area contributed by atoms with Gasteiger partial charge in [0.25, 0.3) is 0 Å². The molecule has 0 fully saturated rings. The third kappa shape index (κ3) is 3.27. The zero-order valence-corrected chi connectivity index (χ0v) is 13.3. The monoisotopic (exact) mass is 312 g/mol. The molecule has 0 bridgehead atoms. The summed E-state index contributed by atoms with van der Waals surface area (Å²) in [5.41, 5.74) is 3.92. The summed E-state index contributed by atoms with van der Waals surface area (Å²) in [4.78, 5) is 4.29. The lowest BCUT2D eigenvalue weighted by Gasteiger charge is -2.09. The number of aryl methyl sites for hydroxylation is 2. The summed E-state index contributed by atoms with van der Waals surface area (Å²) in [6.07, 6.45) is 3.44. The second kappa shape index (κ2) is 6.66. The Morgan fingerprint density at radius 1 is 1.30 bits per heavy atom. The number of furan rings is 1. The number of aliphatic hydroxyl groups is 1. The first-order valence-electron chi connectivity index (χ1n) is 7.56. The predicted octanol–water partition coefficient (Wildman–Crippen LogP) is 2.76. The van der Waals surface area contributed by atoms with Gasteiger partial charge < -0.3 is 14.8 Å². The van der Waals surface area contributed by atoms with Crippen molar-refractivity contribution >= 4 is 5.82 Å². The Hall–Kier alpha value is -2.60. The average molecular weight is 312 g/mol. The summed E-state index contributed by atoms with van der Waals surface area (Å²) in [6, 6.07) is 7.84. The van der Waals surface area contributed by atoms with Crippen LogP contribution < -0.4 is 5.32 Å². The quantitative estimate of drug-likeness (QED) is 0.732. The van der Waals surface area contributed by atoms with Gasteiger partial charge in [-0.25, -0.2) is 4.68 Å². The number of hydrogen-bond acceptors (Lipinski definition) is 5. The van der Waals surface area contributed by atoms with E-state index in [0.29, 0.717) is 13.1 Å². The molecule has 3 heterocycles. The van der Waals surface area contributed by atoms with Crippen molar-refractivity contribution in [2.45, 2.75) is 26.9 Å². The molecular formula is C17H20N4O2. The molecule has 0 aromatic carbocycles. The summed E-state index contributed by atoms with van der Waals surface area (Å²) in [7, 11) is 0. The Kier molecular flexibility index (Phi) is 4.43. The molecule has 0 aliphatic rings. The van der Waals surface area contributed by atoms with E-state index in [1.807, 2.05) is 38.1 Å². The van der Waals surface area contributed by atoms with E-state index in [2.05, 4.69) is 15.4 Å². The summed E-state index contributed by atoms with van der Waals surface area (Å²) in [5.74, 6) is 1.69. The standard InChI is InChI=1S/C17H20N4O2/c1-12-14(4-3-6-18-12)11-19-17-10-16(20-21(17)7-8-22)15-5-9-23-13(15)2/h3-6,9-10,19,22H,7-8,11H2,1-2H3. The lowest BCUT2D eigenvalue weighted by molar-refractivity contribution is 0.270. The van der Waals surface area contributed by atoms with Crippen LogP contribution in [-0.2, 0) is 13.1 Å². The first kappa shape index (κ1) is 15.3. The van der Waals surface area contributed by atoms with Crippen LogP contribution in [0, 0.1) is 13.8 Å². The molecule has 0 amide bonds. The van der Waals surface area contributed by atoms with Gasteiger partial charge in [-0.1, -0.05) is 6.07 Å². The number of nitrogens with zero attached hydrogens (tertiary/aromatic N) is 3. The lowest BCUT2D eigenvalue weighted by Crippen LogP contribution is -2.11. The number of aromatic nitrogens is 3. The fraction of sp³-hybridized carbons (Fsp3) is 0.294. The minimum absolute atomic E-state index is 0.0338. The van der Waals surface area contributed by atoms with E-state index in [1.54, 1.807) is 17.1 Å². The van der Waals surface area contributed by atoms with Crippen LogP contribution in [0.25, 0.3) is 11.3 Å². The fourth-order valence-corrected chi connectivity index (χ4v) is 2.50. The van der Waals surface area contributed by atoms with Crippen molar-refractivity contribution in [1.29, 1.82) is 0 Å². The molecule has 120 valence electrons. The smallest absolute Gasteiger partial charge is 0.125 e. The number of aliphatic hydroxyl groups excluding tert-OH is 1. The fourth-order valence-electron chi connectivity index (χ4n) is 2.50. The van der Waals surface area contributed by atoms with Crippen LogP contribution in [0.2, 0.25) is 0 Å². The van der Waals surface area contributed by atoms with E-state index in [1.165, 1.54) is 0 Å². The minimum Gasteiger partial charge on any atom is -0.469 e. The minimum atomic E-state index is 0.0338. The van der Waals surface area contributed by atoms with Crippen molar-refractivity contribution in [2.24, 2.45) is 0 Å². The van der Waals surface area contributed by atoms with Gasteiger partial charge in [-0.15, -0.1) is 0 Å². The highest BCUT2D eigenvalue weighted by atomic mass is 16.3. The van der Waals surface area contributed by atoms with Crippen molar-refractivity contribution < 1.29 is 9.52 Å². The highest BCUT2D eigenvalue weighted by Crippen LogP contribution is 2.26. The molecule has 0 radical (unpaired) electrons. The van der Waals surface area contributed by atoms with Crippen LogP contribution in [0.15, 0.2) is 41.1 Å². The molecule has 0 atom stereocenters. The largest absolute Gasteiger partial charge is 0.469 e. The summed E-state index contributed by atoms with van der Waals surface area (Å²) < 4.78 is 7.12. The number of hydrogen-bond donors (Lipinski definition) is 2. The van der Waals surface area contributed by atoms with Crippen molar-refractivity contribution in [3.8, 4) is 11.3 Å². The first-order valence-corrected chi connectivity index (χ1v) is 7.56. The van der Waals surface area contributed by atoms with E-state index in [9.17, 15) is 5.11 Å². The van der Waals surface area contributed by atoms with Gasteiger partial charge in [0.1, 0.15) is 11.6 Å². The predicted molar refractivity (Wildman–Crippen MR) is 88.1 cm³/mol.